The van der Waals surface area contributed by atoms with Crippen molar-refractivity contribution in [2.24, 2.45) is 5.73 Å². The Balaban J connectivity index is 2.69. The number of sulfonamides is 1. The van der Waals surface area contributed by atoms with Gasteiger partial charge in [-0.2, -0.15) is 0 Å². The molecule has 0 saturated heterocycles. The zero-order valence-corrected chi connectivity index (χ0v) is 13.2. The number of unbranched alkanes of at least 4 members (excludes halogenated alkanes) is 2. The van der Waals surface area contributed by atoms with Crippen LogP contribution in [0.5, 0.6) is 0 Å². The van der Waals surface area contributed by atoms with Gasteiger partial charge in [-0.3, -0.25) is 9.59 Å². The van der Waals surface area contributed by atoms with Crippen molar-refractivity contribution >= 4 is 21.7 Å². The highest BCUT2D eigenvalue weighted by atomic mass is 32.2. The van der Waals surface area contributed by atoms with Gasteiger partial charge in [0.05, 0.1) is 10.4 Å². The van der Waals surface area contributed by atoms with Gasteiger partial charge in [0.15, 0.2) is 5.78 Å². The summed E-state index contributed by atoms with van der Waals surface area (Å²) in [7, 11) is -3.89. The summed E-state index contributed by atoms with van der Waals surface area (Å²) in [6.45, 7) is 3.35. The van der Waals surface area contributed by atoms with E-state index in [0.29, 0.717) is 6.42 Å². The Labute approximate surface area is 125 Å². The molecule has 0 heterocycles. The van der Waals surface area contributed by atoms with Gasteiger partial charge >= 0.3 is 0 Å². The van der Waals surface area contributed by atoms with Gasteiger partial charge in [0.2, 0.25) is 5.91 Å². The van der Waals surface area contributed by atoms with Crippen LogP contribution < -0.4 is 10.5 Å². The van der Waals surface area contributed by atoms with E-state index in [1.54, 1.807) is 0 Å². The molecule has 0 bridgehead atoms. The first-order valence-electron chi connectivity index (χ1n) is 6.96. The van der Waals surface area contributed by atoms with Gasteiger partial charge in [0.25, 0.3) is 10.0 Å². The van der Waals surface area contributed by atoms with Gasteiger partial charge in [0, 0.05) is 6.42 Å². The lowest BCUT2D eigenvalue weighted by atomic mass is 9.89. The van der Waals surface area contributed by atoms with E-state index in [-0.39, 0.29) is 23.5 Å². The van der Waals surface area contributed by atoms with Crippen molar-refractivity contribution in [1.29, 1.82) is 0 Å². The molecular weight excluding hydrogens is 292 g/mol. The summed E-state index contributed by atoms with van der Waals surface area (Å²) in [6.07, 6.45) is 6.77. The minimum atomic E-state index is -3.89. The molecule has 1 aliphatic carbocycles. The largest absolute Gasteiger partial charge is 0.316 e. The predicted molar refractivity (Wildman–Crippen MR) is 80.6 cm³/mol. The number of allylic oxidation sites excluding steroid dienone is 1. The molecule has 1 amide bonds. The number of ketones is 1. The average Bonchev–Trinajstić information content (AvgIpc) is 2.38. The van der Waals surface area contributed by atoms with E-state index in [9.17, 15) is 18.0 Å². The quantitative estimate of drug-likeness (QED) is 0.685. The third kappa shape index (κ3) is 4.78. The Morgan fingerprint density at radius 1 is 1.38 bits per heavy atom. The maximum absolute atomic E-state index is 12.0. The van der Waals surface area contributed by atoms with Crippen LogP contribution in [0.15, 0.2) is 23.1 Å². The van der Waals surface area contributed by atoms with Crippen molar-refractivity contribution in [2.45, 2.75) is 51.5 Å². The summed E-state index contributed by atoms with van der Waals surface area (Å²) >= 11 is 0. The second-order valence-corrected chi connectivity index (χ2v) is 6.91. The first kappa shape index (κ1) is 17.6. The number of amides is 1. The first-order valence-corrected chi connectivity index (χ1v) is 8.44. The standard InChI is InChI=1S/C14H22N2O4S/c1-3-4-5-6-13(18)16-21(19,20)12-7-9-14(15,10-8-12)11(2)17/h7-9H,3-6,10,15H2,1-2H3,(H,16,18). The molecule has 0 aromatic rings. The Morgan fingerprint density at radius 2 is 2.05 bits per heavy atom. The normalized spacial score (nSPS) is 21.8. The van der Waals surface area contributed by atoms with E-state index < -0.39 is 21.5 Å². The van der Waals surface area contributed by atoms with Gasteiger partial charge in [0.1, 0.15) is 0 Å². The fourth-order valence-electron chi connectivity index (χ4n) is 1.89. The van der Waals surface area contributed by atoms with Crippen LogP contribution in [0.2, 0.25) is 0 Å². The minimum Gasteiger partial charge on any atom is -0.316 e. The summed E-state index contributed by atoms with van der Waals surface area (Å²) < 4.78 is 26.1. The van der Waals surface area contributed by atoms with Crippen LogP contribution in [0, 0.1) is 0 Å². The second kappa shape index (κ2) is 7.00. The summed E-state index contributed by atoms with van der Waals surface area (Å²) in [5.74, 6) is -0.760. The number of carbonyl (C=O) groups excluding carboxylic acids is 2. The Morgan fingerprint density at radius 3 is 2.52 bits per heavy atom. The number of nitrogens with two attached hydrogens (primary N) is 1. The predicted octanol–water partition coefficient (Wildman–Crippen LogP) is 1.14. The molecule has 0 aromatic heterocycles. The van der Waals surface area contributed by atoms with Crippen molar-refractivity contribution in [3.8, 4) is 0 Å². The van der Waals surface area contributed by atoms with Gasteiger partial charge < -0.3 is 5.73 Å². The highest BCUT2D eigenvalue weighted by molar-refractivity contribution is 7.94. The number of carbonyl (C=O) groups is 2. The summed E-state index contributed by atoms with van der Waals surface area (Å²) in [6, 6.07) is 0. The minimum absolute atomic E-state index is 0.0336. The molecule has 3 N–H and O–H groups in total. The lowest BCUT2D eigenvalue weighted by Crippen LogP contribution is -2.45. The highest BCUT2D eigenvalue weighted by Crippen LogP contribution is 2.22. The molecule has 1 unspecified atom stereocenters. The van der Waals surface area contributed by atoms with Crippen LogP contribution in [0.4, 0.5) is 0 Å². The van der Waals surface area contributed by atoms with Gasteiger partial charge in [-0.25, -0.2) is 13.1 Å². The molecule has 7 heteroatoms. The van der Waals surface area contributed by atoms with Crippen molar-refractivity contribution in [3.63, 3.8) is 0 Å². The SMILES string of the molecule is CCCCCC(=O)NS(=O)(=O)C1=CCC(N)(C(C)=O)C=C1. The zero-order chi connectivity index (χ0) is 16.1. The molecular formula is C14H22N2O4S. The average molecular weight is 314 g/mol. The zero-order valence-electron chi connectivity index (χ0n) is 12.4. The Kier molecular flexibility index (Phi) is 5.86. The lowest BCUT2D eigenvalue weighted by Gasteiger charge is -2.24. The number of Topliss-reactive ketones (excluding diaryl/α,β-unsaturated/α-hetero) is 1. The van der Waals surface area contributed by atoms with E-state index >= 15 is 0 Å². The molecule has 0 radical (unpaired) electrons. The molecule has 0 aliphatic heterocycles. The second-order valence-electron chi connectivity index (χ2n) is 5.23. The highest BCUT2D eigenvalue weighted by Gasteiger charge is 2.31. The molecule has 0 fully saturated rings. The van der Waals surface area contributed by atoms with E-state index in [4.69, 9.17) is 5.73 Å². The molecule has 1 atom stereocenters. The number of hydrogen-bond donors (Lipinski definition) is 2. The van der Waals surface area contributed by atoms with Crippen LogP contribution in [-0.2, 0) is 19.6 Å². The number of nitrogens with one attached hydrogen (secondary N) is 1. The summed E-state index contributed by atoms with van der Waals surface area (Å²) in [5.41, 5.74) is 4.66. The third-order valence-corrected chi connectivity index (χ3v) is 4.83. The molecule has 1 aliphatic rings. The molecule has 0 aromatic carbocycles. The van der Waals surface area contributed by atoms with Crippen molar-refractivity contribution < 1.29 is 18.0 Å². The summed E-state index contributed by atoms with van der Waals surface area (Å²) in [5, 5.41) is 0. The molecule has 0 saturated carbocycles. The maximum atomic E-state index is 12.0. The molecule has 1 rings (SSSR count). The van der Waals surface area contributed by atoms with Crippen LogP contribution in [-0.4, -0.2) is 25.6 Å². The topological polar surface area (TPSA) is 106 Å². The van der Waals surface area contributed by atoms with Crippen LogP contribution in [0.3, 0.4) is 0 Å². The van der Waals surface area contributed by atoms with Crippen LogP contribution in [0.1, 0.15) is 46.0 Å². The van der Waals surface area contributed by atoms with E-state index in [0.717, 1.165) is 12.8 Å². The summed E-state index contributed by atoms with van der Waals surface area (Å²) in [4.78, 5) is 22.9. The van der Waals surface area contributed by atoms with Crippen LogP contribution in [0.25, 0.3) is 0 Å². The van der Waals surface area contributed by atoms with Crippen molar-refractivity contribution in [1.82, 2.24) is 4.72 Å². The molecule has 118 valence electrons. The monoisotopic (exact) mass is 314 g/mol. The Hall–Kier alpha value is -1.47. The first-order chi connectivity index (χ1) is 9.71. The molecule has 0 spiro atoms. The van der Waals surface area contributed by atoms with Crippen LogP contribution >= 0.6 is 0 Å². The van der Waals surface area contributed by atoms with E-state index in [1.165, 1.54) is 25.2 Å². The fraction of sp³-hybridized carbons (Fsp3) is 0.571. The molecule has 21 heavy (non-hydrogen) atoms. The van der Waals surface area contributed by atoms with Gasteiger partial charge in [-0.05, 0) is 25.8 Å². The number of hydrogen-bond acceptors (Lipinski definition) is 5. The Bertz CT molecular complexity index is 578. The van der Waals surface area contributed by atoms with E-state index in [2.05, 4.69) is 0 Å². The number of rotatable bonds is 7. The third-order valence-electron chi connectivity index (χ3n) is 3.41. The van der Waals surface area contributed by atoms with Gasteiger partial charge in [-0.1, -0.05) is 31.9 Å². The van der Waals surface area contributed by atoms with Crippen molar-refractivity contribution in [3.05, 3.63) is 23.1 Å². The smallest absolute Gasteiger partial charge is 0.263 e. The lowest BCUT2D eigenvalue weighted by molar-refractivity contribution is -0.120. The van der Waals surface area contributed by atoms with E-state index in [1.807, 2.05) is 11.6 Å². The van der Waals surface area contributed by atoms with Crippen molar-refractivity contribution in [2.75, 3.05) is 0 Å². The van der Waals surface area contributed by atoms with Gasteiger partial charge in [-0.15, -0.1) is 0 Å². The fourth-order valence-corrected chi connectivity index (χ4v) is 2.96. The molecule has 6 nitrogen and oxygen atoms in total. The maximum Gasteiger partial charge on any atom is 0.263 e.